The molecular formula is C21H25NO5S. The maximum absolute atomic E-state index is 13.8. The molecule has 0 aliphatic carbocycles. The Morgan fingerprint density at radius 3 is 2.54 bits per heavy atom. The van der Waals surface area contributed by atoms with E-state index in [1.54, 1.807) is 33.3 Å². The highest BCUT2D eigenvalue weighted by Crippen LogP contribution is 2.48. The van der Waals surface area contributed by atoms with Gasteiger partial charge in [0.05, 0.1) is 37.0 Å². The average molecular weight is 404 g/mol. The number of nitrogens with zero attached hydrogens (tertiary/aromatic N) is 1. The van der Waals surface area contributed by atoms with Gasteiger partial charge in [-0.15, -0.1) is 0 Å². The molecule has 0 saturated heterocycles. The van der Waals surface area contributed by atoms with Crippen LogP contribution in [0.4, 0.5) is 5.69 Å². The van der Waals surface area contributed by atoms with Crippen LogP contribution in [-0.4, -0.2) is 36.8 Å². The Morgan fingerprint density at radius 2 is 1.93 bits per heavy atom. The first-order valence-electron chi connectivity index (χ1n) is 9.14. The van der Waals surface area contributed by atoms with Gasteiger partial charge in [-0.1, -0.05) is 18.2 Å². The lowest BCUT2D eigenvalue weighted by molar-refractivity contribution is -0.143. The molecule has 6 nitrogen and oxygen atoms in total. The summed E-state index contributed by atoms with van der Waals surface area (Å²) in [5.74, 6) is 0.758. The van der Waals surface area contributed by atoms with Crippen LogP contribution in [0.5, 0.6) is 11.5 Å². The van der Waals surface area contributed by atoms with Crippen LogP contribution in [0.2, 0.25) is 0 Å². The number of hydrogen-bond acceptors (Lipinski definition) is 6. The molecule has 0 aromatic heterocycles. The lowest BCUT2D eigenvalue weighted by Crippen LogP contribution is -2.22. The first-order chi connectivity index (χ1) is 13.4. The van der Waals surface area contributed by atoms with Gasteiger partial charge in [-0.2, -0.15) is 4.36 Å². The lowest BCUT2D eigenvalue weighted by atomic mass is 9.93. The number of ether oxygens (including phenoxy) is 3. The summed E-state index contributed by atoms with van der Waals surface area (Å²) in [5, 5.41) is 0. The molecule has 28 heavy (non-hydrogen) atoms. The van der Waals surface area contributed by atoms with Crippen molar-refractivity contribution in [1.29, 1.82) is 0 Å². The molecule has 0 saturated carbocycles. The molecule has 0 N–H and O–H groups in total. The number of esters is 1. The standard InChI is InChI=1S/C21H25NO5S/c1-5-27-19(23)11-15-13-28(24,16-9-7-6-8-10-16)22-20-17(15)12-18(25-3)14(2)21(20)26-4/h6-10,12,15H,5,11,13H2,1-4H3/t15-,28-/m1/s1. The van der Waals surface area contributed by atoms with E-state index in [-0.39, 0.29) is 24.1 Å². The predicted octanol–water partition coefficient (Wildman–Crippen LogP) is 4.22. The fourth-order valence-corrected chi connectivity index (χ4v) is 5.81. The number of methoxy groups -OCH3 is 2. The van der Waals surface area contributed by atoms with Crippen molar-refractivity contribution < 1.29 is 23.2 Å². The van der Waals surface area contributed by atoms with E-state index in [1.165, 1.54) is 0 Å². The van der Waals surface area contributed by atoms with Gasteiger partial charge in [0, 0.05) is 22.1 Å². The summed E-state index contributed by atoms with van der Waals surface area (Å²) in [4.78, 5) is 12.9. The molecule has 150 valence electrons. The highest BCUT2D eigenvalue weighted by atomic mass is 32.2. The van der Waals surface area contributed by atoms with Crippen LogP contribution in [0.15, 0.2) is 45.7 Å². The second-order valence-electron chi connectivity index (χ2n) is 6.59. The SMILES string of the molecule is CCOC(=O)C[C@@H]1C[S@@](=O)(c2ccccc2)=Nc2c1cc(OC)c(C)c2OC. The van der Waals surface area contributed by atoms with Gasteiger partial charge >= 0.3 is 5.97 Å². The van der Waals surface area contributed by atoms with Crippen LogP contribution in [0.3, 0.4) is 0 Å². The number of rotatable bonds is 6. The molecule has 0 unspecified atom stereocenters. The molecule has 0 spiro atoms. The summed E-state index contributed by atoms with van der Waals surface area (Å²) < 4.78 is 34.7. The van der Waals surface area contributed by atoms with Crippen molar-refractivity contribution in [3.05, 3.63) is 47.5 Å². The topological polar surface area (TPSA) is 74.2 Å². The summed E-state index contributed by atoms with van der Waals surface area (Å²) in [6.07, 6.45) is 0.121. The molecule has 7 heteroatoms. The van der Waals surface area contributed by atoms with E-state index in [4.69, 9.17) is 14.2 Å². The smallest absolute Gasteiger partial charge is 0.306 e. The van der Waals surface area contributed by atoms with E-state index in [0.717, 1.165) is 11.1 Å². The zero-order chi connectivity index (χ0) is 20.3. The summed E-state index contributed by atoms with van der Waals surface area (Å²) in [5.41, 5.74) is 2.09. The Hall–Kier alpha value is -2.54. The van der Waals surface area contributed by atoms with Gasteiger partial charge in [0.15, 0.2) is 5.75 Å². The fourth-order valence-electron chi connectivity index (χ4n) is 3.52. The molecule has 0 fully saturated rings. The Morgan fingerprint density at radius 1 is 1.21 bits per heavy atom. The molecule has 1 aliphatic rings. The van der Waals surface area contributed by atoms with Gasteiger partial charge in [0.1, 0.15) is 11.4 Å². The third-order valence-corrected chi connectivity index (χ3v) is 7.19. The van der Waals surface area contributed by atoms with Crippen molar-refractivity contribution in [2.75, 3.05) is 26.6 Å². The van der Waals surface area contributed by atoms with Crippen LogP contribution in [0, 0.1) is 6.92 Å². The molecule has 1 heterocycles. The van der Waals surface area contributed by atoms with E-state index in [1.807, 2.05) is 31.2 Å². The molecule has 0 radical (unpaired) electrons. The minimum Gasteiger partial charge on any atom is -0.496 e. The number of hydrogen-bond donors (Lipinski definition) is 0. The van der Waals surface area contributed by atoms with Gasteiger partial charge in [-0.3, -0.25) is 4.79 Å². The van der Waals surface area contributed by atoms with E-state index >= 15 is 0 Å². The summed E-state index contributed by atoms with van der Waals surface area (Å²) >= 11 is 0. The van der Waals surface area contributed by atoms with Crippen LogP contribution >= 0.6 is 0 Å². The third kappa shape index (κ3) is 3.71. The third-order valence-electron chi connectivity index (χ3n) is 4.84. The van der Waals surface area contributed by atoms with E-state index in [9.17, 15) is 9.00 Å². The summed E-state index contributed by atoms with van der Waals surface area (Å²) in [6.45, 7) is 3.94. The monoisotopic (exact) mass is 403 g/mol. The van der Waals surface area contributed by atoms with E-state index in [0.29, 0.717) is 28.7 Å². The largest absolute Gasteiger partial charge is 0.496 e. The number of benzene rings is 2. The Bertz CT molecular complexity index is 994. The highest BCUT2D eigenvalue weighted by Gasteiger charge is 2.33. The summed E-state index contributed by atoms with van der Waals surface area (Å²) in [7, 11) is 0.373. The Balaban J connectivity index is 2.23. The van der Waals surface area contributed by atoms with Crippen LogP contribution in [0.25, 0.3) is 0 Å². The van der Waals surface area contributed by atoms with E-state index in [2.05, 4.69) is 4.36 Å². The first kappa shape index (κ1) is 20.2. The Kier molecular flexibility index (Phi) is 5.93. The van der Waals surface area contributed by atoms with Gasteiger partial charge in [0.25, 0.3) is 0 Å². The van der Waals surface area contributed by atoms with Gasteiger partial charge < -0.3 is 14.2 Å². The molecule has 2 atom stereocenters. The van der Waals surface area contributed by atoms with Gasteiger partial charge in [-0.05, 0) is 37.6 Å². The van der Waals surface area contributed by atoms with Crippen molar-refractivity contribution in [1.82, 2.24) is 0 Å². The molecule has 3 rings (SSSR count). The average Bonchev–Trinajstić information content (AvgIpc) is 2.68. The molecule has 2 aromatic rings. The van der Waals surface area contributed by atoms with Crippen molar-refractivity contribution >= 4 is 21.4 Å². The number of carbonyl (C=O) groups is 1. The molecule has 0 bridgehead atoms. The maximum Gasteiger partial charge on any atom is 0.306 e. The predicted molar refractivity (Wildman–Crippen MR) is 108 cm³/mol. The van der Waals surface area contributed by atoms with Gasteiger partial charge in [0.2, 0.25) is 0 Å². The second kappa shape index (κ2) is 8.22. The van der Waals surface area contributed by atoms with Crippen molar-refractivity contribution in [3.8, 4) is 11.5 Å². The van der Waals surface area contributed by atoms with Crippen molar-refractivity contribution in [3.63, 3.8) is 0 Å². The quantitative estimate of drug-likeness (QED) is 0.675. The van der Waals surface area contributed by atoms with Crippen LogP contribution in [-0.2, 0) is 19.3 Å². The van der Waals surface area contributed by atoms with Crippen LogP contribution in [0.1, 0.15) is 30.4 Å². The number of fused-ring (bicyclic) bond motifs is 1. The zero-order valence-corrected chi connectivity index (χ0v) is 17.4. The zero-order valence-electron chi connectivity index (χ0n) is 16.6. The molecular weight excluding hydrogens is 378 g/mol. The van der Waals surface area contributed by atoms with Crippen molar-refractivity contribution in [2.45, 2.75) is 31.1 Å². The van der Waals surface area contributed by atoms with Crippen LogP contribution < -0.4 is 9.47 Å². The van der Waals surface area contributed by atoms with Crippen molar-refractivity contribution in [2.24, 2.45) is 4.36 Å². The molecule has 1 aliphatic heterocycles. The minimum absolute atomic E-state index is 0.121. The molecule has 2 aromatic carbocycles. The lowest BCUT2D eigenvalue weighted by Gasteiger charge is -2.28. The maximum atomic E-state index is 13.8. The normalized spacial score (nSPS) is 20.6. The first-order valence-corrected chi connectivity index (χ1v) is 10.8. The van der Waals surface area contributed by atoms with Gasteiger partial charge in [-0.25, -0.2) is 4.21 Å². The number of carbonyl (C=O) groups excluding carboxylic acids is 1. The second-order valence-corrected chi connectivity index (χ2v) is 8.86. The minimum atomic E-state index is -2.76. The summed E-state index contributed by atoms with van der Waals surface area (Å²) in [6, 6.07) is 11.0. The Labute approximate surface area is 166 Å². The molecule has 0 amide bonds. The highest BCUT2D eigenvalue weighted by molar-refractivity contribution is 7.93. The van der Waals surface area contributed by atoms with E-state index < -0.39 is 9.73 Å². The fraction of sp³-hybridized carbons (Fsp3) is 0.381.